The molecule has 0 spiro atoms. The molecule has 3 aromatic rings. The van der Waals surface area contributed by atoms with Gasteiger partial charge in [-0.2, -0.15) is 0 Å². The Labute approximate surface area is 158 Å². The van der Waals surface area contributed by atoms with E-state index in [4.69, 9.17) is 0 Å². The number of aromatic nitrogens is 2. The number of pyridine rings is 1. The lowest BCUT2D eigenvalue weighted by atomic mass is 10.1. The van der Waals surface area contributed by atoms with Crippen LogP contribution in [0, 0.1) is 0 Å². The summed E-state index contributed by atoms with van der Waals surface area (Å²) in [6, 6.07) is 13.8. The van der Waals surface area contributed by atoms with Crippen LogP contribution in [0.15, 0.2) is 60.2 Å². The van der Waals surface area contributed by atoms with Gasteiger partial charge >= 0.3 is 0 Å². The van der Waals surface area contributed by atoms with E-state index >= 15 is 0 Å². The van der Waals surface area contributed by atoms with E-state index < -0.39 is 10.0 Å². The molecule has 2 aromatic heterocycles. The number of hydrogen-bond donors (Lipinski definition) is 1. The summed E-state index contributed by atoms with van der Waals surface area (Å²) in [5.74, 6) is 0.140. The fourth-order valence-electron chi connectivity index (χ4n) is 2.57. The molecule has 5 nitrogen and oxygen atoms in total. The lowest BCUT2D eigenvalue weighted by Crippen LogP contribution is -2.28. The molecule has 0 unspecified atom stereocenters. The Kier molecular flexibility index (Phi) is 6.49. The second-order valence-electron chi connectivity index (χ2n) is 5.92. The molecule has 1 N–H and O–H groups in total. The smallest absolute Gasteiger partial charge is 0.211 e. The first-order chi connectivity index (χ1) is 12.6. The molecule has 3 rings (SSSR count). The topological polar surface area (TPSA) is 72.0 Å². The summed E-state index contributed by atoms with van der Waals surface area (Å²) < 4.78 is 26.9. The zero-order chi connectivity index (χ0) is 18.2. The van der Waals surface area contributed by atoms with Gasteiger partial charge in [-0.1, -0.05) is 30.3 Å². The Morgan fingerprint density at radius 3 is 2.65 bits per heavy atom. The lowest BCUT2D eigenvalue weighted by Gasteiger charge is -2.06. The second kappa shape index (κ2) is 9.02. The SMILES string of the molecule is O=S(=O)(CCCc1ccccc1)NCCc1nc(-c2cccnc2)cs1. The van der Waals surface area contributed by atoms with Gasteiger partial charge in [-0.3, -0.25) is 4.98 Å². The Morgan fingerprint density at radius 1 is 1.04 bits per heavy atom. The van der Waals surface area contributed by atoms with Crippen molar-refractivity contribution in [2.24, 2.45) is 0 Å². The molecule has 0 radical (unpaired) electrons. The maximum atomic E-state index is 12.1. The zero-order valence-electron chi connectivity index (χ0n) is 14.3. The summed E-state index contributed by atoms with van der Waals surface area (Å²) in [5, 5.41) is 2.89. The van der Waals surface area contributed by atoms with Crippen molar-refractivity contribution in [1.82, 2.24) is 14.7 Å². The molecule has 0 aliphatic rings. The first-order valence-corrected chi connectivity index (χ1v) is 11.0. The first kappa shape index (κ1) is 18.7. The van der Waals surface area contributed by atoms with Gasteiger partial charge in [0.25, 0.3) is 0 Å². The van der Waals surface area contributed by atoms with Gasteiger partial charge in [-0.25, -0.2) is 18.1 Å². The molecule has 1 aromatic carbocycles. The molecular weight excluding hydrogens is 366 g/mol. The summed E-state index contributed by atoms with van der Waals surface area (Å²) in [4.78, 5) is 8.63. The van der Waals surface area contributed by atoms with Crippen molar-refractivity contribution >= 4 is 21.4 Å². The molecule has 0 amide bonds. The highest BCUT2D eigenvalue weighted by molar-refractivity contribution is 7.89. The number of nitrogens with one attached hydrogen (secondary N) is 1. The summed E-state index contributed by atoms with van der Waals surface area (Å²) in [7, 11) is -3.25. The van der Waals surface area contributed by atoms with Crippen LogP contribution >= 0.6 is 11.3 Å². The van der Waals surface area contributed by atoms with E-state index in [0.717, 1.165) is 28.2 Å². The Hall–Kier alpha value is -2.09. The van der Waals surface area contributed by atoms with Crippen LogP contribution in [0.5, 0.6) is 0 Å². The minimum Gasteiger partial charge on any atom is -0.264 e. The minimum absolute atomic E-state index is 0.140. The van der Waals surface area contributed by atoms with E-state index in [1.165, 1.54) is 11.3 Å². The summed E-state index contributed by atoms with van der Waals surface area (Å²) >= 11 is 1.54. The molecule has 2 heterocycles. The predicted molar refractivity (Wildman–Crippen MR) is 106 cm³/mol. The van der Waals surface area contributed by atoms with Crippen molar-refractivity contribution in [3.8, 4) is 11.3 Å². The van der Waals surface area contributed by atoms with E-state index in [-0.39, 0.29) is 5.75 Å². The highest BCUT2D eigenvalue weighted by Gasteiger charge is 2.11. The van der Waals surface area contributed by atoms with Gasteiger partial charge in [0.05, 0.1) is 16.5 Å². The summed E-state index contributed by atoms with van der Waals surface area (Å²) in [6.45, 7) is 0.369. The number of sulfonamides is 1. The minimum atomic E-state index is -3.25. The van der Waals surface area contributed by atoms with Crippen LogP contribution in [0.3, 0.4) is 0 Å². The molecule has 7 heteroatoms. The van der Waals surface area contributed by atoms with Gasteiger partial charge in [-0.15, -0.1) is 11.3 Å². The number of nitrogens with zero attached hydrogens (tertiary/aromatic N) is 2. The number of thiazole rings is 1. The maximum absolute atomic E-state index is 12.1. The van der Waals surface area contributed by atoms with Crippen LogP contribution in [0.25, 0.3) is 11.3 Å². The van der Waals surface area contributed by atoms with E-state index in [2.05, 4.69) is 14.7 Å². The van der Waals surface area contributed by atoms with Gasteiger partial charge in [0, 0.05) is 36.3 Å². The highest BCUT2D eigenvalue weighted by Crippen LogP contribution is 2.20. The van der Waals surface area contributed by atoms with Crippen molar-refractivity contribution in [2.45, 2.75) is 19.3 Å². The molecule has 136 valence electrons. The molecule has 26 heavy (non-hydrogen) atoms. The van der Waals surface area contributed by atoms with Crippen LogP contribution in [-0.2, 0) is 22.9 Å². The number of benzene rings is 1. The fourth-order valence-corrected chi connectivity index (χ4v) is 4.46. The van der Waals surface area contributed by atoms with Crippen molar-refractivity contribution in [2.75, 3.05) is 12.3 Å². The monoisotopic (exact) mass is 387 g/mol. The number of rotatable bonds is 9. The largest absolute Gasteiger partial charge is 0.264 e. The molecule has 0 bridgehead atoms. The Bertz CT molecular complexity index is 910. The van der Waals surface area contributed by atoms with Gasteiger partial charge in [0.2, 0.25) is 10.0 Å². The average Bonchev–Trinajstić information content (AvgIpc) is 3.12. The van der Waals surface area contributed by atoms with Crippen LogP contribution in [-0.4, -0.2) is 30.7 Å². The Morgan fingerprint density at radius 2 is 1.88 bits per heavy atom. The number of hydrogen-bond acceptors (Lipinski definition) is 5. The quantitative estimate of drug-likeness (QED) is 0.611. The third-order valence-electron chi connectivity index (χ3n) is 3.89. The molecule has 0 aliphatic heterocycles. The van der Waals surface area contributed by atoms with Crippen LogP contribution in [0.1, 0.15) is 17.0 Å². The van der Waals surface area contributed by atoms with Gasteiger partial charge in [0.15, 0.2) is 0 Å². The molecule has 0 atom stereocenters. The van der Waals surface area contributed by atoms with Crippen LogP contribution < -0.4 is 4.72 Å². The highest BCUT2D eigenvalue weighted by atomic mass is 32.2. The molecule has 0 saturated heterocycles. The summed E-state index contributed by atoms with van der Waals surface area (Å²) in [6.07, 6.45) is 5.46. The third-order valence-corrected chi connectivity index (χ3v) is 6.27. The molecular formula is C19H21N3O2S2. The van der Waals surface area contributed by atoms with Crippen molar-refractivity contribution in [3.63, 3.8) is 0 Å². The normalized spacial score (nSPS) is 11.5. The van der Waals surface area contributed by atoms with Crippen molar-refractivity contribution in [1.29, 1.82) is 0 Å². The van der Waals surface area contributed by atoms with E-state index in [1.54, 1.807) is 12.4 Å². The second-order valence-corrected chi connectivity index (χ2v) is 8.79. The van der Waals surface area contributed by atoms with Crippen molar-refractivity contribution < 1.29 is 8.42 Å². The van der Waals surface area contributed by atoms with Gasteiger partial charge < -0.3 is 0 Å². The van der Waals surface area contributed by atoms with Gasteiger partial charge in [-0.05, 0) is 30.5 Å². The summed E-state index contributed by atoms with van der Waals surface area (Å²) in [5.41, 5.74) is 3.01. The van der Waals surface area contributed by atoms with Crippen LogP contribution in [0.2, 0.25) is 0 Å². The van der Waals surface area contributed by atoms with Crippen LogP contribution in [0.4, 0.5) is 0 Å². The average molecular weight is 388 g/mol. The third kappa shape index (κ3) is 5.72. The Balaban J connectivity index is 1.43. The standard InChI is InChI=1S/C19H21N3O2S2/c23-26(24,13-5-8-16-6-2-1-3-7-16)21-12-10-19-22-18(15-25-19)17-9-4-11-20-14-17/h1-4,6-7,9,11,14-15,21H,5,8,10,12-13H2. The number of aryl methyl sites for hydroxylation is 1. The van der Waals surface area contributed by atoms with E-state index in [1.807, 2.05) is 47.8 Å². The van der Waals surface area contributed by atoms with Crippen molar-refractivity contribution in [3.05, 3.63) is 70.8 Å². The molecule has 0 saturated carbocycles. The van der Waals surface area contributed by atoms with E-state index in [0.29, 0.717) is 19.4 Å². The molecule has 0 fully saturated rings. The van der Waals surface area contributed by atoms with Gasteiger partial charge in [0.1, 0.15) is 0 Å². The molecule has 0 aliphatic carbocycles. The fraction of sp³-hybridized carbons (Fsp3) is 0.263. The maximum Gasteiger partial charge on any atom is 0.211 e. The predicted octanol–water partition coefficient (Wildman–Crippen LogP) is 3.30. The zero-order valence-corrected chi connectivity index (χ0v) is 16.0. The lowest BCUT2D eigenvalue weighted by molar-refractivity contribution is 0.579. The first-order valence-electron chi connectivity index (χ1n) is 8.48. The van der Waals surface area contributed by atoms with E-state index in [9.17, 15) is 8.42 Å².